The zero-order valence-corrected chi connectivity index (χ0v) is 9.54. The molecule has 1 unspecified atom stereocenters. The van der Waals surface area contributed by atoms with Gasteiger partial charge in [0.05, 0.1) is 0 Å². The smallest absolute Gasteiger partial charge is 0.490 e. The SMILES string of the molecule is FC(F)(F)Oc1ccc(OC2[CH]CNCC2)cc1. The van der Waals surface area contributed by atoms with Gasteiger partial charge in [-0.3, -0.25) is 0 Å². The van der Waals surface area contributed by atoms with Crippen LogP contribution < -0.4 is 14.8 Å². The van der Waals surface area contributed by atoms with E-state index >= 15 is 0 Å². The van der Waals surface area contributed by atoms with Crippen molar-refractivity contribution in [3.05, 3.63) is 30.7 Å². The Morgan fingerprint density at radius 3 is 2.33 bits per heavy atom. The molecule has 0 bridgehead atoms. The first-order chi connectivity index (χ1) is 8.53. The summed E-state index contributed by atoms with van der Waals surface area (Å²) in [6.07, 6.45) is -1.82. The highest BCUT2D eigenvalue weighted by atomic mass is 19.4. The van der Waals surface area contributed by atoms with Gasteiger partial charge in [0.1, 0.15) is 17.6 Å². The number of benzene rings is 1. The van der Waals surface area contributed by atoms with E-state index in [4.69, 9.17) is 4.74 Å². The number of nitrogens with one attached hydrogen (secondary N) is 1. The van der Waals surface area contributed by atoms with Gasteiger partial charge in [-0.25, -0.2) is 0 Å². The van der Waals surface area contributed by atoms with Crippen LogP contribution >= 0.6 is 0 Å². The summed E-state index contributed by atoms with van der Waals surface area (Å²) in [7, 11) is 0. The number of hydrogen-bond donors (Lipinski definition) is 1. The predicted octanol–water partition coefficient (Wildman–Crippen LogP) is 2.53. The number of hydrogen-bond acceptors (Lipinski definition) is 3. The molecular formula is C12H13F3NO2. The molecule has 1 aliphatic heterocycles. The maximum Gasteiger partial charge on any atom is 0.573 e. The lowest BCUT2D eigenvalue weighted by Crippen LogP contribution is -2.34. The molecule has 1 saturated heterocycles. The van der Waals surface area contributed by atoms with E-state index in [2.05, 4.69) is 10.1 Å². The zero-order valence-electron chi connectivity index (χ0n) is 9.54. The van der Waals surface area contributed by atoms with Crippen LogP contribution in [0.25, 0.3) is 0 Å². The van der Waals surface area contributed by atoms with Crippen molar-refractivity contribution < 1.29 is 22.6 Å². The normalized spacial score (nSPS) is 17.5. The molecule has 1 aliphatic rings. The fraction of sp³-hybridized carbons (Fsp3) is 0.417. The summed E-state index contributed by atoms with van der Waals surface area (Å²) in [6, 6.07) is 5.42. The average molecular weight is 260 g/mol. The van der Waals surface area contributed by atoms with Gasteiger partial charge in [-0.05, 0) is 37.2 Å². The molecule has 1 fully saturated rings. The number of piperidine rings is 1. The number of alkyl halides is 3. The third-order valence-corrected chi connectivity index (χ3v) is 2.48. The van der Waals surface area contributed by atoms with Crippen molar-refractivity contribution in [3.8, 4) is 11.5 Å². The fourth-order valence-electron chi connectivity index (χ4n) is 1.68. The van der Waals surface area contributed by atoms with Crippen LogP contribution in [0.3, 0.4) is 0 Å². The van der Waals surface area contributed by atoms with Crippen LogP contribution in [0.1, 0.15) is 6.42 Å². The highest BCUT2D eigenvalue weighted by Crippen LogP contribution is 2.25. The second-order valence-corrected chi connectivity index (χ2v) is 3.90. The zero-order chi connectivity index (χ0) is 13.0. The molecule has 1 N–H and O–H groups in total. The minimum Gasteiger partial charge on any atom is -0.490 e. The molecule has 1 aromatic carbocycles. The van der Waals surface area contributed by atoms with Crippen LogP contribution in [0.2, 0.25) is 0 Å². The van der Waals surface area contributed by atoms with Crippen LogP contribution in [0.15, 0.2) is 24.3 Å². The van der Waals surface area contributed by atoms with E-state index < -0.39 is 6.36 Å². The fourth-order valence-corrected chi connectivity index (χ4v) is 1.68. The lowest BCUT2D eigenvalue weighted by Gasteiger charge is -2.23. The van der Waals surface area contributed by atoms with Gasteiger partial charge < -0.3 is 14.8 Å². The van der Waals surface area contributed by atoms with Crippen molar-refractivity contribution >= 4 is 0 Å². The summed E-state index contributed by atoms with van der Waals surface area (Å²) >= 11 is 0. The first-order valence-electron chi connectivity index (χ1n) is 5.59. The summed E-state index contributed by atoms with van der Waals surface area (Å²) in [5.74, 6) is 0.289. The molecule has 1 heterocycles. The maximum absolute atomic E-state index is 11.9. The van der Waals surface area contributed by atoms with Gasteiger partial charge >= 0.3 is 6.36 Å². The van der Waals surface area contributed by atoms with Crippen molar-refractivity contribution in [3.63, 3.8) is 0 Å². The predicted molar refractivity (Wildman–Crippen MR) is 59.3 cm³/mol. The Labute approximate surface area is 103 Å². The van der Waals surface area contributed by atoms with Crippen molar-refractivity contribution in [1.82, 2.24) is 5.32 Å². The first-order valence-corrected chi connectivity index (χ1v) is 5.59. The highest BCUT2D eigenvalue weighted by Gasteiger charge is 2.31. The monoisotopic (exact) mass is 260 g/mol. The number of rotatable bonds is 3. The quantitative estimate of drug-likeness (QED) is 0.906. The molecule has 3 nitrogen and oxygen atoms in total. The van der Waals surface area contributed by atoms with Gasteiger partial charge in [0, 0.05) is 13.0 Å². The molecular weight excluding hydrogens is 247 g/mol. The van der Waals surface area contributed by atoms with Gasteiger partial charge in [-0.2, -0.15) is 0 Å². The minimum absolute atomic E-state index is 0.000587. The van der Waals surface area contributed by atoms with Gasteiger partial charge in [0.2, 0.25) is 0 Å². The molecule has 1 atom stereocenters. The van der Waals surface area contributed by atoms with Crippen molar-refractivity contribution in [1.29, 1.82) is 0 Å². The van der Waals surface area contributed by atoms with E-state index in [1.54, 1.807) is 0 Å². The molecule has 18 heavy (non-hydrogen) atoms. The molecule has 0 saturated carbocycles. The Morgan fingerprint density at radius 1 is 1.11 bits per heavy atom. The second-order valence-electron chi connectivity index (χ2n) is 3.90. The lowest BCUT2D eigenvalue weighted by molar-refractivity contribution is -0.274. The Balaban J connectivity index is 1.90. The Morgan fingerprint density at radius 2 is 1.78 bits per heavy atom. The van der Waals surface area contributed by atoms with Crippen LogP contribution in [-0.4, -0.2) is 25.6 Å². The van der Waals surface area contributed by atoms with Crippen molar-refractivity contribution in [2.45, 2.75) is 18.9 Å². The summed E-state index contributed by atoms with van der Waals surface area (Å²) in [5, 5.41) is 3.15. The third kappa shape index (κ3) is 4.10. The molecule has 0 spiro atoms. The van der Waals surface area contributed by atoms with E-state index in [1.807, 2.05) is 6.42 Å². The van der Waals surface area contributed by atoms with Gasteiger partial charge in [0.25, 0.3) is 0 Å². The topological polar surface area (TPSA) is 30.5 Å². The lowest BCUT2D eigenvalue weighted by atomic mass is 10.1. The molecule has 99 valence electrons. The Kier molecular flexibility index (Phi) is 3.96. The largest absolute Gasteiger partial charge is 0.573 e. The summed E-state index contributed by atoms with van der Waals surface area (Å²) in [5.41, 5.74) is 0. The molecule has 2 rings (SSSR count). The molecule has 1 aromatic rings. The second kappa shape index (κ2) is 5.48. The van der Waals surface area contributed by atoms with Gasteiger partial charge in [-0.1, -0.05) is 0 Å². The Bertz CT molecular complexity index is 372. The van der Waals surface area contributed by atoms with Crippen LogP contribution in [0.4, 0.5) is 13.2 Å². The minimum atomic E-state index is -4.66. The standard InChI is InChI=1S/C12H13F3NO2/c13-12(14,15)18-11-3-1-9(2-4-11)17-10-5-7-16-8-6-10/h1-5,10,16H,6-8H2. The van der Waals surface area contributed by atoms with Gasteiger partial charge in [0.15, 0.2) is 0 Å². The van der Waals surface area contributed by atoms with E-state index in [9.17, 15) is 13.2 Å². The van der Waals surface area contributed by atoms with Crippen LogP contribution in [0.5, 0.6) is 11.5 Å². The van der Waals surface area contributed by atoms with E-state index in [0.717, 1.165) is 19.5 Å². The molecule has 0 aliphatic carbocycles. The summed E-state index contributed by atoms with van der Waals surface area (Å²) in [6.45, 7) is 1.65. The number of halogens is 3. The molecule has 6 heteroatoms. The van der Waals surface area contributed by atoms with E-state index in [1.165, 1.54) is 24.3 Å². The van der Waals surface area contributed by atoms with Crippen LogP contribution in [0, 0.1) is 6.42 Å². The van der Waals surface area contributed by atoms with Crippen molar-refractivity contribution in [2.24, 2.45) is 0 Å². The number of ether oxygens (including phenoxy) is 2. The first kappa shape index (κ1) is 13.0. The molecule has 1 radical (unpaired) electrons. The highest BCUT2D eigenvalue weighted by molar-refractivity contribution is 5.31. The third-order valence-electron chi connectivity index (χ3n) is 2.48. The Hall–Kier alpha value is -1.43. The summed E-state index contributed by atoms with van der Waals surface area (Å²) in [4.78, 5) is 0. The molecule has 0 amide bonds. The maximum atomic E-state index is 11.9. The van der Waals surface area contributed by atoms with Crippen molar-refractivity contribution in [2.75, 3.05) is 13.1 Å². The van der Waals surface area contributed by atoms with Gasteiger partial charge in [-0.15, -0.1) is 13.2 Å². The van der Waals surface area contributed by atoms with E-state index in [-0.39, 0.29) is 11.9 Å². The van der Waals surface area contributed by atoms with Crippen LogP contribution in [-0.2, 0) is 0 Å². The average Bonchev–Trinajstić information content (AvgIpc) is 2.31. The van der Waals surface area contributed by atoms with E-state index in [0.29, 0.717) is 5.75 Å². The summed E-state index contributed by atoms with van der Waals surface area (Å²) < 4.78 is 45.2. The molecule has 0 aromatic heterocycles.